The number of nitrogens with one attached hydrogen (secondary N) is 1. The number of aromatic amines is 1. The van der Waals surface area contributed by atoms with Gasteiger partial charge in [-0.05, 0) is 113 Å². The van der Waals surface area contributed by atoms with Crippen molar-refractivity contribution in [1.82, 2.24) is 4.98 Å². The van der Waals surface area contributed by atoms with Crippen molar-refractivity contribution in [2.75, 3.05) is 41.9 Å². The standard InChI is InChI=1S/C13H13NO.C11H13NO3.C11H11NO.C9H8F2O.C9H10INO.C9H11NO2.C9H11NO/c1-2-12(15)11-8-7-9-5-3-4-6-10(9)13(11)14;1-2-9(13)7-5-10-11(6-8(7)12)15-4-3-14-10;1-2-10(13)9-5-3-4-8-6-7-12-11(8)9;1-2-9(12)7-4-3-6(10)5-8(7)11;1-2-9(12)7-5-6(10)3-4-8(7)11;1-2-9(12)7-5-6(11)3-4-8(7)10;1-2-9(11)7-5-3-4-6-8(7)10/h3-8H,2,14H2,1H3;5-6H,2-4,12H2,1H3;3-7,12H,2H2,1H3;3-5H,2H2,1H3;3-5H,2,11H2,1H3;3-5,11H,2,10H2,1H3;3-6H,2,10H2,1H3. The highest BCUT2D eigenvalue weighted by Gasteiger charge is 2.18. The van der Waals surface area contributed by atoms with Crippen LogP contribution < -0.4 is 38.1 Å². The Morgan fingerprint density at radius 1 is 0.433 bits per heavy atom. The van der Waals surface area contributed by atoms with Gasteiger partial charge in [-0.2, -0.15) is 0 Å². The Labute approximate surface area is 536 Å². The molecule has 8 aromatic carbocycles. The minimum Gasteiger partial charge on any atom is -0.508 e. The highest BCUT2D eigenvalue weighted by molar-refractivity contribution is 14.1. The summed E-state index contributed by atoms with van der Waals surface area (Å²) in [6.45, 7) is 13.6. The van der Waals surface area contributed by atoms with Crippen molar-refractivity contribution < 1.29 is 56.9 Å². The molecule has 1 aliphatic rings. The zero-order valence-corrected chi connectivity index (χ0v) is 53.7. The number of carbonyl (C=O) groups is 7. The average Bonchev–Trinajstić information content (AvgIpc) is 2.49. The topological polar surface area (TPSA) is 304 Å². The number of para-hydroxylation sites is 2. The number of ether oxygens (including phenoxy) is 2. The zero-order chi connectivity index (χ0) is 66.6. The second-order valence-electron chi connectivity index (χ2n) is 19.7. The lowest BCUT2D eigenvalue weighted by atomic mass is 10.0. The van der Waals surface area contributed by atoms with E-state index in [-0.39, 0.29) is 58.2 Å². The highest BCUT2D eigenvalue weighted by Crippen LogP contribution is 2.35. The SMILES string of the molecule is CCC(=O)c1cc(I)ccc1N.CCC(=O)c1cc(O)ccc1N.CCC(=O)c1cc2c(cc1N)OCCO2.CCC(=O)c1ccc(F)cc1F.CCC(=O)c1ccc2ccccc2c1N.CCC(=O)c1cccc2cc[nH]c12.CCC(=O)c1ccccc1N. The molecule has 0 amide bonds. The molecule has 0 bridgehead atoms. The summed E-state index contributed by atoms with van der Waals surface area (Å²) >= 11 is 2.16. The number of ketones is 7. The van der Waals surface area contributed by atoms with E-state index in [1.54, 1.807) is 51.1 Å². The number of hydrogen-bond acceptors (Lipinski definition) is 15. The van der Waals surface area contributed by atoms with Crippen molar-refractivity contribution in [2.45, 2.75) is 93.4 Å². The lowest BCUT2D eigenvalue weighted by Gasteiger charge is -2.19. The number of phenolic OH excluding ortho intramolecular Hbond substituents is 1. The summed E-state index contributed by atoms with van der Waals surface area (Å²) in [5, 5.41) is 12.2. The van der Waals surface area contributed by atoms with Gasteiger partial charge in [0.1, 0.15) is 30.6 Å². The maximum Gasteiger partial charge on any atom is 0.165 e. The minimum absolute atomic E-state index is 0.0180. The van der Waals surface area contributed by atoms with Gasteiger partial charge in [0, 0.05) is 134 Å². The van der Waals surface area contributed by atoms with Gasteiger partial charge in [-0.3, -0.25) is 33.6 Å². The van der Waals surface area contributed by atoms with E-state index in [2.05, 4.69) is 27.6 Å². The minimum atomic E-state index is -0.790. The van der Waals surface area contributed by atoms with Gasteiger partial charge in [0.25, 0.3) is 0 Å². The van der Waals surface area contributed by atoms with Gasteiger partial charge in [0.15, 0.2) is 52.0 Å². The Balaban J connectivity index is 0.000000225. The van der Waals surface area contributed by atoms with Crippen LogP contribution in [0.5, 0.6) is 17.2 Å². The Bertz CT molecular complexity index is 3920. The van der Waals surface area contributed by atoms with E-state index < -0.39 is 11.6 Å². The number of phenols is 1. The number of Topliss-reactive ketones (excluding diaryl/α,β-unsaturated/α-hetero) is 7. The number of rotatable bonds is 14. The molecule has 0 fully saturated rings. The largest absolute Gasteiger partial charge is 0.508 e. The first-order valence-corrected chi connectivity index (χ1v) is 30.2. The molecule has 0 saturated carbocycles. The third kappa shape index (κ3) is 21.0. The molecule has 16 nitrogen and oxygen atoms in total. The van der Waals surface area contributed by atoms with Crippen LogP contribution in [0.4, 0.5) is 37.2 Å². The highest BCUT2D eigenvalue weighted by atomic mass is 127. The molecule has 0 unspecified atom stereocenters. The van der Waals surface area contributed by atoms with E-state index in [0.717, 1.165) is 42.9 Å². The summed E-state index contributed by atoms with van der Waals surface area (Å²) in [6, 6.07) is 42.6. The number of halogens is 3. The molecule has 10 rings (SSSR count). The van der Waals surface area contributed by atoms with Crippen LogP contribution in [-0.4, -0.2) is 63.8 Å². The molecule has 90 heavy (non-hydrogen) atoms. The van der Waals surface area contributed by atoms with E-state index in [4.69, 9.17) is 43.2 Å². The zero-order valence-electron chi connectivity index (χ0n) is 51.5. The molecule has 19 heteroatoms. The molecule has 0 radical (unpaired) electrons. The van der Waals surface area contributed by atoms with Gasteiger partial charge in [0.05, 0.1) is 16.8 Å². The Morgan fingerprint density at radius 2 is 0.889 bits per heavy atom. The van der Waals surface area contributed by atoms with Gasteiger partial charge >= 0.3 is 0 Å². The van der Waals surface area contributed by atoms with Crippen LogP contribution >= 0.6 is 22.6 Å². The van der Waals surface area contributed by atoms with Crippen LogP contribution in [-0.2, 0) is 0 Å². The maximum absolute atomic E-state index is 12.8. The number of fused-ring (bicyclic) bond motifs is 3. The number of nitrogen functional groups attached to an aromatic ring is 5. The van der Waals surface area contributed by atoms with Crippen LogP contribution in [0.25, 0.3) is 21.7 Å². The third-order valence-electron chi connectivity index (χ3n) is 13.6. The van der Waals surface area contributed by atoms with Gasteiger partial charge in [-0.1, -0.05) is 103 Å². The molecular weight excluding hydrogens is 1260 g/mol. The normalized spacial score (nSPS) is 10.6. The van der Waals surface area contributed by atoms with Crippen LogP contribution in [0.15, 0.2) is 158 Å². The molecule has 0 saturated heterocycles. The summed E-state index contributed by atoms with van der Waals surface area (Å²) < 4.78 is 37.0. The molecule has 12 N–H and O–H groups in total. The molecule has 9 aromatic rings. The lowest BCUT2D eigenvalue weighted by Crippen LogP contribution is -2.16. The van der Waals surface area contributed by atoms with Crippen molar-refractivity contribution in [3.63, 3.8) is 0 Å². The number of carbonyl (C=O) groups excluding carboxylic acids is 7. The monoisotopic (exact) mass is 1340 g/mol. The average molecular weight is 1340 g/mol. The Kier molecular flexibility index (Phi) is 29.5. The number of benzene rings is 8. The number of hydrogen-bond donors (Lipinski definition) is 7. The van der Waals surface area contributed by atoms with Crippen molar-refractivity contribution in [2.24, 2.45) is 0 Å². The van der Waals surface area contributed by atoms with Gasteiger partial charge in [-0.25, -0.2) is 8.78 Å². The van der Waals surface area contributed by atoms with E-state index in [1.807, 2.05) is 119 Å². The maximum atomic E-state index is 12.8. The fraction of sp³-hybridized carbons (Fsp3) is 0.225. The van der Waals surface area contributed by atoms with Crippen LogP contribution in [0.2, 0.25) is 0 Å². The smallest absolute Gasteiger partial charge is 0.165 e. The predicted molar refractivity (Wildman–Crippen MR) is 364 cm³/mol. The number of nitrogens with two attached hydrogens (primary N) is 5. The number of aromatic nitrogens is 1. The van der Waals surface area contributed by atoms with E-state index in [1.165, 1.54) is 18.2 Å². The fourth-order valence-electron chi connectivity index (χ4n) is 8.56. The summed E-state index contributed by atoms with van der Waals surface area (Å²) in [7, 11) is 0. The molecule has 0 atom stereocenters. The van der Waals surface area contributed by atoms with Gasteiger partial charge < -0.3 is 48.2 Å². The van der Waals surface area contributed by atoms with E-state index >= 15 is 0 Å². The first kappa shape index (κ1) is 72.7. The summed E-state index contributed by atoms with van der Waals surface area (Å²) in [5.41, 5.74) is 35.6. The lowest BCUT2D eigenvalue weighted by molar-refractivity contribution is 0.0976. The first-order chi connectivity index (χ1) is 43.0. The summed E-state index contributed by atoms with van der Waals surface area (Å²) in [4.78, 5) is 82.4. The second-order valence-corrected chi connectivity index (χ2v) is 21.0. The first-order valence-electron chi connectivity index (χ1n) is 29.2. The quantitative estimate of drug-likeness (QED) is 0.0230. The molecule has 1 aromatic heterocycles. The van der Waals surface area contributed by atoms with Crippen molar-refractivity contribution >= 4 is 113 Å². The van der Waals surface area contributed by atoms with Crippen LogP contribution in [0.3, 0.4) is 0 Å². The Hall–Kier alpha value is -9.76. The molecule has 2 heterocycles. The fourth-order valence-corrected chi connectivity index (χ4v) is 9.05. The molecule has 472 valence electrons. The molecule has 0 aliphatic carbocycles. The van der Waals surface area contributed by atoms with E-state index in [9.17, 15) is 42.3 Å². The molecule has 1 aliphatic heterocycles. The third-order valence-corrected chi connectivity index (χ3v) is 14.2. The summed E-state index contributed by atoms with van der Waals surface area (Å²) in [5.74, 6) is -0.0255. The van der Waals surface area contributed by atoms with Crippen molar-refractivity contribution in [3.8, 4) is 17.2 Å². The number of anilines is 5. The van der Waals surface area contributed by atoms with Crippen LogP contribution in [0, 0.1) is 15.2 Å². The second kappa shape index (κ2) is 36.5. The van der Waals surface area contributed by atoms with Gasteiger partial charge in [-0.15, -0.1) is 0 Å². The van der Waals surface area contributed by atoms with Crippen LogP contribution in [0.1, 0.15) is 166 Å². The number of aromatic hydroxyl groups is 1. The molecule has 0 spiro atoms. The van der Waals surface area contributed by atoms with E-state index in [0.29, 0.717) is 126 Å². The van der Waals surface area contributed by atoms with Crippen molar-refractivity contribution in [1.29, 1.82) is 0 Å². The van der Waals surface area contributed by atoms with Crippen molar-refractivity contribution in [3.05, 3.63) is 212 Å². The summed E-state index contributed by atoms with van der Waals surface area (Å²) in [6.07, 6.45) is 4.97. The number of H-pyrrole nitrogens is 1. The predicted octanol–water partition coefficient (Wildman–Crippen LogP) is 15.9. The Morgan fingerprint density at radius 3 is 1.48 bits per heavy atom. The van der Waals surface area contributed by atoms with Gasteiger partial charge in [0.2, 0.25) is 0 Å². The molecular formula is C71H77F2IN6O10.